The smallest absolute Gasteiger partial charge is 0.190 e. The van der Waals surface area contributed by atoms with Gasteiger partial charge < -0.3 is 25.0 Å². The Kier molecular flexibility index (Phi) is 3.77. The normalized spacial score (nSPS) is 12.5. The highest BCUT2D eigenvalue weighted by Crippen LogP contribution is 2.05. The molecule has 0 saturated heterocycles. The van der Waals surface area contributed by atoms with Gasteiger partial charge in [-0.1, -0.05) is 0 Å². The van der Waals surface area contributed by atoms with Crippen molar-refractivity contribution in [2.24, 2.45) is 0 Å². The summed E-state index contributed by atoms with van der Waals surface area (Å²) in [4.78, 5) is 25.5. The summed E-state index contributed by atoms with van der Waals surface area (Å²) in [5, 5.41) is 12.8. The van der Waals surface area contributed by atoms with Crippen LogP contribution in [0.3, 0.4) is 0 Å². The number of H-pyrrole nitrogens is 4. The van der Waals surface area contributed by atoms with E-state index in [-0.39, 0.29) is 5.78 Å². The van der Waals surface area contributed by atoms with Gasteiger partial charge in [-0.25, -0.2) is 0 Å². The molecule has 6 nitrogen and oxygen atoms in total. The summed E-state index contributed by atoms with van der Waals surface area (Å²) < 4.78 is 0. The van der Waals surface area contributed by atoms with Crippen LogP contribution in [-0.4, -0.2) is 37.4 Å². The first-order valence-electron chi connectivity index (χ1n) is 8.99. The van der Waals surface area contributed by atoms with E-state index in [1.165, 1.54) is 0 Å². The van der Waals surface area contributed by atoms with Crippen molar-refractivity contribution in [1.29, 1.82) is 0 Å². The molecule has 0 atom stereocenters. The Hall–Kier alpha value is -3.77. The van der Waals surface area contributed by atoms with E-state index in [2.05, 4.69) is 19.9 Å². The van der Waals surface area contributed by atoms with Crippen LogP contribution in [0.5, 0.6) is 0 Å². The molecule has 138 valence electrons. The highest BCUT2D eigenvalue weighted by atomic mass is 16.3. The molecule has 8 bridgehead atoms. The van der Waals surface area contributed by atoms with Crippen LogP contribution in [0.1, 0.15) is 33.1 Å². The molecular weight excluding hydrogens is 352 g/mol. The third kappa shape index (κ3) is 3.06. The van der Waals surface area contributed by atoms with E-state index in [1.807, 2.05) is 60.7 Å². The standard InChI is InChI=1S/C22H18N4O2/c27-12-22(28)20-10-19-9-17-4-3-15(24-17)7-13-1-2-14(23-13)8-16-5-6-18(25-16)11-21(20)26-19/h1-11,23-27H,12H2. The zero-order valence-corrected chi connectivity index (χ0v) is 14.9. The molecule has 4 aromatic rings. The summed E-state index contributed by atoms with van der Waals surface area (Å²) in [7, 11) is 0. The van der Waals surface area contributed by atoms with Gasteiger partial charge >= 0.3 is 0 Å². The third-order valence-corrected chi connectivity index (χ3v) is 4.74. The monoisotopic (exact) mass is 370 g/mol. The highest BCUT2D eigenvalue weighted by Gasteiger charge is 2.09. The molecule has 0 fully saturated rings. The fraction of sp³-hybridized carbons (Fsp3) is 0.0455. The van der Waals surface area contributed by atoms with Crippen molar-refractivity contribution in [2.45, 2.75) is 0 Å². The number of rotatable bonds is 2. The average Bonchev–Trinajstić information content (AvgIpc) is 3.45. The van der Waals surface area contributed by atoms with Gasteiger partial charge in [0, 0.05) is 44.4 Å². The minimum absolute atomic E-state index is 0.322. The van der Waals surface area contributed by atoms with Gasteiger partial charge in [0.05, 0.1) is 5.35 Å². The second-order valence-corrected chi connectivity index (χ2v) is 6.82. The second-order valence-electron chi connectivity index (χ2n) is 6.82. The molecule has 28 heavy (non-hydrogen) atoms. The molecule has 0 amide bonds. The number of hydrogen-bond donors (Lipinski definition) is 5. The lowest BCUT2D eigenvalue weighted by Crippen LogP contribution is -2.17. The van der Waals surface area contributed by atoms with E-state index < -0.39 is 6.61 Å². The molecule has 1 aliphatic heterocycles. The Morgan fingerprint density at radius 2 is 1.21 bits per heavy atom. The van der Waals surface area contributed by atoms with Crippen LogP contribution >= 0.6 is 0 Å². The molecule has 0 aliphatic carbocycles. The van der Waals surface area contributed by atoms with Gasteiger partial charge in [-0.05, 0) is 66.8 Å². The van der Waals surface area contributed by atoms with Crippen LogP contribution in [0.25, 0.3) is 24.3 Å². The number of ketones is 1. The zero-order chi connectivity index (χ0) is 19.1. The van der Waals surface area contributed by atoms with Gasteiger partial charge in [0.1, 0.15) is 6.61 Å². The maximum Gasteiger partial charge on any atom is 0.190 e. The number of aromatic nitrogens is 4. The van der Waals surface area contributed by atoms with Crippen LogP contribution in [0.4, 0.5) is 0 Å². The minimum Gasteiger partial charge on any atom is -0.388 e. The summed E-state index contributed by atoms with van der Waals surface area (Å²) in [6.45, 7) is -0.529. The van der Waals surface area contributed by atoms with Crippen LogP contribution < -0.4 is 21.4 Å². The lowest BCUT2D eigenvalue weighted by atomic mass is 10.2. The fourth-order valence-electron chi connectivity index (χ4n) is 3.45. The molecule has 5 rings (SSSR count). The Balaban J connectivity index is 1.80. The van der Waals surface area contributed by atoms with Gasteiger partial charge in [-0.3, -0.25) is 4.79 Å². The van der Waals surface area contributed by atoms with Crippen molar-refractivity contribution in [3.05, 3.63) is 92.2 Å². The van der Waals surface area contributed by atoms with Crippen molar-refractivity contribution in [1.82, 2.24) is 19.9 Å². The number of Topliss-reactive ketones (excluding diaryl/α,β-unsaturated/α-hetero) is 1. The molecule has 0 unspecified atom stereocenters. The van der Waals surface area contributed by atoms with Crippen LogP contribution in [0.15, 0.2) is 42.5 Å². The van der Waals surface area contributed by atoms with Crippen LogP contribution in [0, 0.1) is 0 Å². The van der Waals surface area contributed by atoms with E-state index in [0.29, 0.717) is 10.9 Å². The number of aliphatic hydroxyl groups is 1. The summed E-state index contributed by atoms with van der Waals surface area (Å²) in [5.74, 6) is -0.322. The lowest BCUT2D eigenvalue weighted by molar-refractivity contribution is 0.0903. The van der Waals surface area contributed by atoms with Gasteiger partial charge in [0.25, 0.3) is 0 Å². The first kappa shape index (κ1) is 16.4. The first-order chi connectivity index (χ1) is 13.7. The number of aromatic amines is 4. The van der Waals surface area contributed by atoms with Crippen molar-refractivity contribution in [2.75, 3.05) is 6.61 Å². The number of carbonyl (C=O) groups excluding carboxylic acids is 1. The predicted molar refractivity (Wildman–Crippen MR) is 107 cm³/mol. The number of carbonyl (C=O) groups is 1. The molecule has 1 aliphatic rings. The number of aliphatic hydroxyl groups excluding tert-OH is 1. The van der Waals surface area contributed by atoms with Gasteiger partial charge in [0.15, 0.2) is 5.78 Å². The van der Waals surface area contributed by atoms with E-state index in [1.54, 1.807) is 6.07 Å². The Morgan fingerprint density at radius 3 is 1.79 bits per heavy atom. The molecular formula is C22H18N4O2. The van der Waals surface area contributed by atoms with Crippen LogP contribution in [-0.2, 0) is 0 Å². The molecule has 6 heteroatoms. The number of nitrogens with one attached hydrogen (secondary N) is 4. The van der Waals surface area contributed by atoms with Crippen molar-refractivity contribution < 1.29 is 9.90 Å². The summed E-state index contributed by atoms with van der Waals surface area (Å²) in [5.41, 5.74) is 4.15. The van der Waals surface area contributed by atoms with E-state index in [9.17, 15) is 9.90 Å². The molecule has 4 aromatic heterocycles. The minimum atomic E-state index is -0.529. The van der Waals surface area contributed by atoms with Crippen LogP contribution in [0.2, 0.25) is 0 Å². The third-order valence-electron chi connectivity index (χ3n) is 4.74. The summed E-state index contributed by atoms with van der Waals surface area (Å²) in [6, 6.07) is 13.7. The van der Waals surface area contributed by atoms with Crippen molar-refractivity contribution in [3.63, 3.8) is 0 Å². The molecule has 5 heterocycles. The molecule has 0 radical (unpaired) electrons. The molecule has 0 spiro atoms. The number of hydrogen-bond acceptors (Lipinski definition) is 2. The maximum atomic E-state index is 12.2. The second kappa shape index (κ2) is 6.44. The zero-order valence-electron chi connectivity index (χ0n) is 14.9. The topological polar surface area (TPSA) is 100 Å². The lowest BCUT2D eigenvalue weighted by Gasteiger charge is -1.92. The largest absolute Gasteiger partial charge is 0.388 e. The molecule has 0 saturated carbocycles. The van der Waals surface area contributed by atoms with E-state index in [0.717, 1.165) is 38.8 Å². The first-order valence-corrected chi connectivity index (χ1v) is 8.99. The van der Waals surface area contributed by atoms with Gasteiger partial charge in [-0.2, -0.15) is 0 Å². The van der Waals surface area contributed by atoms with E-state index in [4.69, 9.17) is 0 Å². The van der Waals surface area contributed by atoms with E-state index >= 15 is 0 Å². The van der Waals surface area contributed by atoms with Crippen molar-refractivity contribution in [3.8, 4) is 0 Å². The predicted octanol–water partition coefficient (Wildman–Crippen LogP) is -0.197. The SMILES string of the molecule is O=C(CO)c1cc2[nH]c1=Cc1ccc([nH]1)C=c1ccc([nH]1)=Cc1ccc([nH]1)C=2. The van der Waals surface area contributed by atoms with Gasteiger partial charge in [0.2, 0.25) is 0 Å². The maximum absolute atomic E-state index is 12.2. The number of fused-ring (bicyclic) bond motifs is 8. The summed E-state index contributed by atoms with van der Waals surface area (Å²) >= 11 is 0. The van der Waals surface area contributed by atoms with Gasteiger partial charge in [-0.15, -0.1) is 0 Å². The Bertz CT molecular complexity index is 1430. The highest BCUT2D eigenvalue weighted by molar-refractivity contribution is 5.97. The Labute approximate surface area is 159 Å². The quantitative estimate of drug-likeness (QED) is 0.278. The molecule has 5 N–H and O–H groups in total. The van der Waals surface area contributed by atoms with Crippen molar-refractivity contribution >= 4 is 30.1 Å². The Morgan fingerprint density at radius 1 is 0.679 bits per heavy atom. The fourth-order valence-corrected chi connectivity index (χ4v) is 3.45. The average molecular weight is 370 g/mol. The summed E-state index contributed by atoms with van der Waals surface area (Å²) in [6.07, 6.45) is 7.87. The molecule has 0 aromatic carbocycles.